The predicted molar refractivity (Wildman–Crippen MR) is 148 cm³/mol. The minimum atomic E-state index is -2.85. The first-order chi connectivity index (χ1) is 20.8. The fourth-order valence-electron chi connectivity index (χ4n) is 7.14. The maximum atomic E-state index is 13.5. The number of hydrogen-bond acceptors (Lipinski definition) is 9. The van der Waals surface area contributed by atoms with E-state index in [1.165, 1.54) is 6.20 Å². The van der Waals surface area contributed by atoms with Crippen LogP contribution in [0.15, 0.2) is 41.3 Å². The smallest absolute Gasteiger partial charge is 0.266 e. The topological polar surface area (TPSA) is 130 Å². The number of ketones is 1. The molecular weight excluding hydrogens is 584 g/mol. The lowest BCUT2D eigenvalue weighted by atomic mass is 9.54. The maximum Gasteiger partial charge on any atom is 0.266 e. The summed E-state index contributed by atoms with van der Waals surface area (Å²) in [6.07, 6.45) is -0.605. The molecule has 5 heterocycles. The van der Waals surface area contributed by atoms with Crippen molar-refractivity contribution in [2.24, 2.45) is 5.41 Å². The highest BCUT2D eigenvalue weighted by atomic mass is 19.3. The number of Topliss-reactive ketones (excluding diaryl/α,β-unsaturated/α-hetero) is 1. The van der Waals surface area contributed by atoms with Crippen LogP contribution < -0.4 is 4.90 Å². The van der Waals surface area contributed by atoms with Gasteiger partial charge >= 0.3 is 0 Å². The number of nitrogens with zero attached hydrogens (tertiary/aromatic N) is 6. The molecule has 1 saturated heterocycles. The van der Waals surface area contributed by atoms with Gasteiger partial charge in [-0.2, -0.15) is 10.1 Å². The minimum absolute atomic E-state index is 0.0303. The summed E-state index contributed by atoms with van der Waals surface area (Å²) in [4.78, 5) is 24.3. The van der Waals surface area contributed by atoms with Crippen molar-refractivity contribution >= 4 is 17.0 Å². The molecule has 0 unspecified atom stereocenters. The monoisotopic (exact) mass is 614 g/mol. The largest absolute Gasteiger partial charge is 0.390 e. The van der Waals surface area contributed by atoms with Gasteiger partial charge in [-0.3, -0.25) is 9.78 Å². The fraction of sp³-hybridized carbons (Fsp3) is 0.500. The van der Waals surface area contributed by atoms with Crippen molar-refractivity contribution in [3.8, 4) is 11.4 Å². The van der Waals surface area contributed by atoms with E-state index in [1.807, 2.05) is 12.1 Å². The van der Waals surface area contributed by atoms with Crippen molar-refractivity contribution in [1.82, 2.24) is 24.7 Å². The number of alkyl halides is 4. The fourth-order valence-corrected chi connectivity index (χ4v) is 7.14. The number of carbonyl (C=O) groups is 1. The number of aliphatic hydroxyl groups is 2. The Balaban J connectivity index is 1.04. The summed E-state index contributed by atoms with van der Waals surface area (Å²) in [5.74, 6) is -0.259. The Morgan fingerprint density at radius 3 is 2.59 bits per heavy atom. The van der Waals surface area contributed by atoms with E-state index in [0.717, 1.165) is 5.69 Å². The zero-order chi connectivity index (χ0) is 31.0. The number of anilines is 1. The van der Waals surface area contributed by atoms with Crippen LogP contribution >= 0.6 is 0 Å². The summed E-state index contributed by atoms with van der Waals surface area (Å²) in [6, 6.07) is 5.52. The standard InChI is InChI=1S/C30H30F4N6O4/c1-16-17(4-18(10-35-16)25-37-26(44-38-25)19-7-30(43,8-19)27(33)34)5-23(41)21-11-36-40-3-2-20(6-22(21)40)39-14-28(15-39)12-29(42,13-28)9-24(31)32/h2-4,6,10-11,19,24,27,42-43H,5,7-9,12-15H2,1H3. The van der Waals surface area contributed by atoms with Crippen LogP contribution in [0.25, 0.3) is 16.9 Å². The molecule has 1 aliphatic heterocycles. The zero-order valence-electron chi connectivity index (χ0n) is 23.8. The van der Waals surface area contributed by atoms with Crippen molar-refractivity contribution in [2.45, 2.75) is 75.4 Å². The zero-order valence-corrected chi connectivity index (χ0v) is 23.8. The molecule has 2 aliphatic carbocycles. The number of carbonyl (C=O) groups excluding carboxylic acids is 1. The molecule has 0 aromatic carbocycles. The lowest BCUT2D eigenvalue weighted by Crippen LogP contribution is -2.68. The van der Waals surface area contributed by atoms with Gasteiger partial charge in [-0.25, -0.2) is 22.1 Å². The number of aromatic nitrogens is 5. The molecule has 4 aromatic rings. The molecule has 0 atom stereocenters. The SMILES string of the molecule is Cc1ncc(-c2noc(C3CC(O)(C(F)F)C3)n2)cc1CC(=O)c1cnn2ccc(N3CC4(C3)CC(O)(CC(F)F)C4)cc12. The Labute approximate surface area is 248 Å². The Morgan fingerprint density at radius 1 is 1.14 bits per heavy atom. The number of aryl methyl sites for hydroxylation is 1. The highest BCUT2D eigenvalue weighted by Crippen LogP contribution is 2.56. The third kappa shape index (κ3) is 4.93. The van der Waals surface area contributed by atoms with Crippen LogP contribution in [-0.4, -0.2) is 77.9 Å². The molecule has 3 aliphatic rings. The molecule has 7 rings (SSSR count). The Kier molecular flexibility index (Phi) is 6.59. The highest BCUT2D eigenvalue weighted by Gasteiger charge is 2.60. The first-order valence-corrected chi connectivity index (χ1v) is 14.4. The molecular formula is C30H30F4N6O4. The van der Waals surface area contributed by atoms with Gasteiger partial charge in [0.25, 0.3) is 6.43 Å². The summed E-state index contributed by atoms with van der Waals surface area (Å²) in [7, 11) is 0. The van der Waals surface area contributed by atoms with E-state index in [9.17, 15) is 32.6 Å². The van der Waals surface area contributed by atoms with E-state index in [-0.39, 0.29) is 42.2 Å². The molecule has 44 heavy (non-hydrogen) atoms. The summed E-state index contributed by atoms with van der Waals surface area (Å²) in [5.41, 5.74) is 0.262. The highest BCUT2D eigenvalue weighted by molar-refractivity contribution is 6.03. The molecule has 232 valence electrons. The van der Waals surface area contributed by atoms with E-state index < -0.39 is 36.4 Å². The molecule has 1 spiro atoms. The van der Waals surface area contributed by atoms with Gasteiger partial charge in [0.05, 0.1) is 22.9 Å². The van der Waals surface area contributed by atoms with Crippen molar-refractivity contribution in [1.29, 1.82) is 0 Å². The van der Waals surface area contributed by atoms with Crippen LogP contribution in [0.1, 0.15) is 65.5 Å². The van der Waals surface area contributed by atoms with Crippen molar-refractivity contribution in [3.05, 3.63) is 59.5 Å². The molecule has 2 saturated carbocycles. The quantitative estimate of drug-likeness (QED) is 0.209. The molecule has 3 fully saturated rings. The molecule has 0 bridgehead atoms. The van der Waals surface area contributed by atoms with Crippen molar-refractivity contribution in [2.75, 3.05) is 18.0 Å². The third-order valence-electron chi connectivity index (χ3n) is 9.36. The van der Waals surface area contributed by atoms with Crippen LogP contribution in [0, 0.1) is 12.3 Å². The van der Waals surface area contributed by atoms with Gasteiger partial charge in [0.15, 0.2) is 5.78 Å². The summed E-state index contributed by atoms with van der Waals surface area (Å²) in [5, 5.41) is 28.5. The minimum Gasteiger partial charge on any atom is -0.390 e. The Bertz CT molecular complexity index is 1740. The third-order valence-corrected chi connectivity index (χ3v) is 9.36. The maximum absolute atomic E-state index is 13.5. The van der Waals surface area contributed by atoms with Gasteiger partial charge in [-0.05, 0) is 56.4 Å². The molecule has 10 nitrogen and oxygen atoms in total. The van der Waals surface area contributed by atoms with Gasteiger partial charge in [0.1, 0.15) is 5.60 Å². The Morgan fingerprint density at radius 2 is 1.89 bits per heavy atom. The number of halogens is 4. The lowest BCUT2D eigenvalue weighted by molar-refractivity contribution is -0.161. The van der Waals surface area contributed by atoms with E-state index in [2.05, 4.69) is 25.1 Å². The van der Waals surface area contributed by atoms with E-state index >= 15 is 0 Å². The number of fused-ring (bicyclic) bond motifs is 1. The summed E-state index contributed by atoms with van der Waals surface area (Å²) >= 11 is 0. The molecule has 14 heteroatoms. The number of hydrogen-bond donors (Lipinski definition) is 2. The van der Waals surface area contributed by atoms with Crippen LogP contribution in [0.3, 0.4) is 0 Å². The van der Waals surface area contributed by atoms with E-state index in [1.54, 1.807) is 29.9 Å². The Hall–Kier alpha value is -3.91. The van der Waals surface area contributed by atoms with Gasteiger partial charge in [-0.1, -0.05) is 5.16 Å². The first kappa shape index (κ1) is 28.8. The van der Waals surface area contributed by atoms with Crippen LogP contribution in [-0.2, 0) is 6.42 Å². The van der Waals surface area contributed by atoms with Gasteiger partial charge < -0.3 is 19.6 Å². The van der Waals surface area contributed by atoms with Crippen molar-refractivity contribution in [3.63, 3.8) is 0 Å². The van der Waals surface area contributed by atoms with Crippen LogP contribution in [0.2, 0.25) is 0 Å². The lowest BCUT2D eigenvalue weighted by Gasteiger charge is -2.63. The van der Waals surface area contributed by atoms with Gasteiger partial charge in [0.2, 0.25) is 18.1 Å². The second kappa shape index (κ2) is 10.1. The second-order valence-electron chi connectivity index (χ2n) is 12.8. The molecule has 2 N–H and O–H groups in total. The predicted octanol–water partition coefficient (Wildman–Crippen LogP) is 4.37. The van der Waals surface area contributed by atoms with Gasteiger partial charge in [0, 0.05) is 66.6 Å². The number of pyridine rings is 2. The van der Waals surface area contributed by atoms with Crippen LogP contribution in [0.5, 0.6) is 0 Å². The molecule has 4 aromatic heterocycles. The first-order valence-electron chi connectivity index (χ1n) is 14.4. The van der Waals surface area contributed by atoms with E-state index in [4.69, 9.17) is 4.52 Å². The average Bonchev–Trinajstić information content (AvgIpc) is 3.56. The second-order valence-corrected chi connectivity index (χ2v) is 12.8. The molecule has 0 radical (unpaired) electrons. The van der Waals surface area contributed by atoms with Gasteiger partial charge in [-0.15, -0.1) is 0 Å². The normalized spacial score (nSPS) is 23.7. The van der Waals surface area contributed by atoms with E-state index in [0.29, 0.717) is 53.8 Å². The molecule has 0 amide bonds. The number of rotatable bonds is 9. The summed E-state index contributed by atoms with van der Waals surface area (Å²) < 4.78 is 58.4. The average molecular weight is 615 g/mol. The van der Waals surface area contributed by atoms with Crippen LogP contribution in [0.4, 0.5) is 23.2 Å². The van der Waals surface area contributed by atoms with Crippen molar-refractivity contribution < 1.29 is 37.1 Å². The summed E-state index contributed by atoms with van der Waals surface area (Å²) in [6.45, 7) is 3.08.